The first-order valence-corrected chi connectivity index (χ1v) is 9.34. The smallest absolute Gasteiger partial charge is 0.254 e. The van der Waals surface area contributed by atoms with Crippen LogP contribution in [0.4, 0.5) is 8.78 Å². The maximum absolute atomic E-state index is 14.2. The van der Waals surface area contributed by atoms with Gasteiger partial charge >= 0.3 is 0 Å². The van der Waals surface area contributed by atoms with Gasteiger partial charge in [0, 0.05) is 30.1 Å². The van der Waals surface area contributed by atoms with Gasteiger partial charge in [-0.2, -0.15) is 0 Å². The molecular weight excluding hydrogens is 348 g/mol. The van der Waals surface area contributed by atoms with E-state index in [0.29, 0.717) is 30.5 Å². The summed E-state index contributed by atoms with van der Waals surface area (Å²) in [4.78, 5) is 22.3. The molecule has 2 heterocycles. The lowest BCUT2D eigenvalue weighted by Gasteiger charge is -2.45. The molecule has 2 atom stereocenters. The summed E-state index contributed by atoms with van der Waals surface area (Å²) in [6.45, 7) is 0.675. The van der Waals surface area contributed by atoms with E-state index >= 15 is 0 Å². The Bertz CT molecular complexity index is 1050. The summed E-state index contributed by atoms with van der Waals surface area (Å²) in [5, 5.41) is 0. The highest BCUT2D eigenvalue weighted by Gasteiger charge is 2.39. The number of carbonyl (C=O) groups is 1. The number of rotatable bonds is 1. The first-order chi connectivity index (χ1) is 13.1. The fourth-order valence-electron chi connectivity index (χ4n) is 4.77. The van der Waals surface area contributed by atoms with Gasteiger partial charge in [-0.1, -0.05) is 0 Å². The van der Waals surface area contributed by atoms with Crippen LogP contribution >= 0.6 is 0 Å². The van der Waals surface area contributed by atoms with Crippen LogP contribution in [-0.2, 0) is 6.42 Å². The van der Waals surface area contributed by atoms with E-state index in [1.807, 2.05) is 17.0 Å². The van der Waals surface area contributed by atoms with Crippen LogP contribution in [-0.4, -0.2) is 33.4 Å². The van der Waals surface area contributed by atoms with Crippen molar-refractivity contribution in [2.75, 3.05) is 6.54 Å². The molecule has 1 aliphatic heterocycles. The normalized spacial score (nSPS) is 21.8. The second-order valence-electron chi connectivity index (χ2n) is 7.44. The van der Waals surface area contributed by atoms with E-state index in [2.05, 4.69) is 9.97 Å². The van der Waals surface area contributed by atoms with Crippen LogP contribution in [0.15, 0.2) is 36.7 Å². The number of fused-ring (bicyclic) bond motifs is 4. The minimum atomic E-state index is -0.542. The average molecular weight is 367 g/mol. The monoisotopic (exact) mass is 367 g/mol. The van der Waals surface area contributed by atoms with Gasteiger partial charge in [0.2, 0.25) is 0 Å². The summed E-state index contributed by atoms with van der Waals surface area (Å²) in [7, 11) is 0. The largest absolute Gasteiger partial charge is 0.345 e. The molecule has 3 aromatic rings. The zero-order valence-corrected chi connectivity index (χ0v) is 14.7. The third-order valence-corrected chi connectivity index (χ3v) is 5.99. The number of hydrogen-bond donors (Lipinski definition) is 1. The molecule has 1 aliphatic carbocycles. The molecule has 0 saturated carbocycles. The molecule has 138 valence electrons. The van der Waals surface area contributed by atoms with E-state index in [1.54, 1.807) is 12.4 Å². The molecule has 1 fully saturated rings. The Morgan fingerprint density at radius 3 is 2.96 bits per heavy atom. The van der Waals surface area contributed by atoms with Crippen LogP contribution in [0, 0.1) is 11.6 Å². The highest BCUT2D eigenvalue weighted by atomic mass is 19.1. The lowest BCUT2D eigenvalue weighted by molar-refractivity contribution is 0.0545. The van der Waals surface area contributed by atoms with Crippen molar-refractivity contribution in [2.24, 2.45) is 0 Å². The van der Waals surface area contributed by atoms with Crippen LogP contribution in [0.1, 0.15) is 46.7 Å². The van der Waals surface area contributed by atoms with E-state index in [0.717, 1.165) is 35.5 Å². The number of hydrogen-bond acceptors (Lipinski definition) is 2. The fraction of sp³-hybridized carbons (Fsp3) is 0.333. The molecule has 6 heteroatoms. The lowest BCUT2D eigenvalue weighted by Crippen LogP contribution is -2.49. The van der Waals surface area contributed by atoms with E-state index in [9.17, 15) is 13.6 Å². The Morgan fingerprint density at radius 2 is 2.07 bits per heavy atom. The molecule has 1 N–H and O–H groups in total. The minimum Gasteiger partial charge on any atom is -0.345 e. The van der Waals surface area contributed by atoms with Crippen molar-refractivity contribution in [1.82, 2.24) is 14.9 Å². The summed E-state index contributed by atoms with van der Waals surface area (Å²) in [5.41, 5.74) is 3.62. The van der Waals surface area contributed by atoms with Gasteiger partial charge in [-0.25, -0.2) is 13.8 Å². The van der Waals surface area contributed by atoms with E-state index < -0.39 is 11.6 Å². The summed E-state index contributed by atoms with van der Waals surface area (Å²) in [6.07, 6.45) is 4.53. The first-order valence-electron chi connectivity index (χ1n) is 9.34. The Hall–Kier alpha value is -2.76. The van der Waals surface area contributed by atoms with E-state index in [1.165, 1.54) is 6.07 Å². The van der Waals surface area contributed by atoms with Gasteiger partial charge in [0.05, 0.1) is 17.4 Å². The second kappa shape index (κ2) is 6.15. The van der Waals surface area contributed by atoms with Gasteiger partial charge in [0.25, 0.3) is 5.91 Å². The highest BCUT2D eigenvalue weighted by Crippen LogP contribution is 2.42. The Labute approximate surface area is 155 Å². The molecule has 0 radical (unpaired) electrons. The fourth-order valence-corrected chi connectivity index (χ4v) is 4.77. The molecule has 0 spiro atoms. The van der Waals surface area contributed by atoms with Crippen molar-refractivity contribution in [3.8, 4) is 0 Å². The molecule has 1 saturated heterocycles. The Kier molecular flexibility index (Phi) is 3.74. The predicted molar refractivity (Wildman–Crippen MR) is 97.6 cm³/mol. The molecule has 1 aromatic heterocycles. The summed E-state index contributed by atoms with van der Waals surface area (Å²) >= 11 is 0. The van der Waals surface area contributed by atoms with Crippen molar-refractivity contribution >= 4 is 16.9 Å². The number of benzene rings is 2. The van der Waals surface area contributed by atoms with Gasteiger partial charge in [0.1, 0.15) is 11.6 Å². The number of amides is 1. The number of aromatic nitrogens is 2. The molecule has 0 unspecified atom stereocenters. The standard InChI is InChI=1S/C21H19F2N3O/c22-13-9-16-14(17(23)10-13)4-6-20-15(16)2-1-7-26(20)21(27)12-3-5-18-19(8-12)25-11-24-18/h3,5,8-11,15,20H,1-2,4,6-7H2,(H,24,25)/t15-,20+/m1/s1. The van der Waals surface area contributed by atoms with Gasteiger partial charge in [-0.15, -0.1) is 0 Å². The number of nitrogens with one attached hydrogen (secondary N) is 1. The van der Waals surface area contributed by atoms with Crippen molar-refractivity contribution in [2.45, 2.75) is 37.6 Å². The maximum Gasteiger partial charge on any atom is 0.254 e. The summed E-state index contributed by atoms with van der Waals surface area (Å²) < 4.78 is 28.0. The Morgan fingerprint density at radius 1 is 1.19 bits per heavy atom. The number of imidazole rings is 1. The van der Waals surface area contributed by atoms with Crippen LogP contribution in [0.3, 0.4) is 0 Å². The molecule has 27 heavy (non-hydrogen) atoms. The van der Waals surface area contributed by atoms with Crippen LogP contribution in [0.2, 0.25) is 0 Å². The molecule has 5 rings (SSSR count). The molecule has 1 amide bonds. The summed E-state index contributed by atoms with van der Waals surface area (Å²) in [5.74, 6) is -1.04. The first kappa shape index (κ1) is 16.4. The third kappa shape index (κ3) is 2.62. The zero-order valence-electron chi connectivity index (χ0n) is 14.7. The van der Waals surface area contributed by atoms with Crippen molar-refractivity contribution in [1.29, 1.82) is 0 Å². The van der Waals surface area contributed by atoms with Crippen LogP contribution in [0.5, 0.6) is 0 Å². The SMILES string of the molecule is O=C(c1ccc2nc[nH]c2c1)N1CCC[C@@H]2c3cc(F)cc(F)c3CC[C@@H]21. The average Bonchev–Trinajstić information content (AvgIpc) is 3.14. The number of H-pyrrole nitrogens is 1. The number of aromatic amines is 1. The van der Waals surface area contributed by atoms with Crippen molar-refractivity contribution < 1.29 is 13.6 Å². The second-order valence-corrected chi connectivity index (χ2v) is 7.44. The Balaban J connectivity index is 1.50. The number of carbonyl (C=O) groups excluding carboxylic acids is 1. The molecule has 0 bridgehead atoms. The van der Waals surface area contributed by atoms with E-state index in [4.69, 9.17) is 0 Å². The summed E-state index contributed by atoms with van der Waals surface area (Å²) in [6, 6.07) is 7.86. The predicted octanol–water partition coefficient (Wildman–Crippen LogP) is 4.18. The topological polar surface area (TPSA) is 49.0 Å². The van der Waals surface area contributed by atoms with E-state index in [-0.39, 0.29) is 17.9 Å². The maximum atomic E-state index is 14.2. The minimum absolute atomic E-state index is 0.00691. The number of likely N-dealkylation sites (tertiary alicyclic amines) is 1. The molecule has 2 aliphatic rings. The highest BCUT2D eigenvalue weighted by molar-refractivity contribution is 5.97. The zero-order chi connectivity index (χ0) is 18.5. The third-order valence-electron chi connectivity index (χ3n) is 5.99. The quantitative estimate of drug-likeness (QED) is 0.702. The van der Waals surface area contributed by atoms with Gasteiger partial charge in [0.15, 0.2) is 0 Å². The lowest BCUT2D eigenvalue weighted by atomic mass is 9.74. The van der Waals surface area contributed by atoms with Crippen molar-refractivity contribution in [3.63, 3.8) is 0 Å². The molecular formula is C21H19F2N3O. The van der Waals surface area contributed by atoms with Crippen molar-refractivity contribution in [3.05, 3.63) is 65.0 Å². The number of halogens is 2. The van der Waals surface area contributed by atoms with Crippen LogP contribution in [0.25, 0.3) is 11.0 Å². The number of nitrogens with zero attached hydrogens (tertiary/aromatic N) is 2. The van der Waals surface area contributed by atoms with Gasteiger partial charge in [-0.05, 0) is 61.1 Å². The van der Waals surface area contributed by atoms with Gasteiger partial charge < -0.3 is 9.88 Å². The molecule has 2 aromatic carbocycles. The number of piperidine rings is 1. The van der Waals surface area contributed by atoms with Crippen LogP contribution < -0.4 is 0 Å². The molecule has 4 nitrogen and oxygen atoms in total. The van der Waals surface area contributed by atoms with Gasteiger partial charge in [-0.3, -0.25) is 4.79 Å².